The second-order valence-electron chi connectivity index (χ2n) is 4.76. The quantitative estimate of drug-likeness (QED) is 0.619. The van der Waals surface area contributed by atoms with Gasteiger partial charge in [0.05, 0.1) is 0 Å². The fraction of sp³-hybridized carbons (Fsp3) is 0.0625. The Morgan fingerprint density at radius 1 is 1.04 bits per heavy atom. The monoisotopic (exact) mass is 406 g/mol. The van der Waals surface area contributed by atoms with Gasteiger partial charge in [-0.25, -0.2) is 0 Å². The number of aryl methyl sites for hydroxylation is 1. The van der Waals surface area contributed by atoms with Crippen molar-refractivity contribution >= 4 is 50.9 Å². The van der Waals surface area contributed by atoms with Crippen LogP contribution >= 0.6 is 39.3 Å². The molecule has 0 aliphatic carbocycles. The molecule has 2 aromatic carbocycles. The summed E-state index contributed by atoms with van der Waals surface area (Å²) >= 11 is 10.9. The van der Waals surface area contributed by atoms with Crippen molar-refractivity contribution in [1.82, 2.24) is 15.0 Å². The second kappa shape index (κ2) is 7.29. The number of rotatable bonds is 4. The van der Waals surface area contributed by atoms with Crippen LogP contribution in [0.4, 0.5) is 11.6 Å². The van der Waals surface area contributed by atoms with Gasteiger partial charge in [-0.2, -0.15) is 15.0 Å². The molecule has 0 saturated heterocycles. The maximum atomic E-state index is 6.01. The maximum Gasteiger partial charge on any atom is 0.232 e. The van der Waals surface area contributed by atoms with Crippen molar-refractivity contribution < 1.29 is 0 Å². The molecule has 0 atom stereocenters. The molecule has 3 aromatic rings. The van der Waals surface area contributed by atoms with Crippen LogP contribution in [0.1, 0.15) is 5.56 Å². The molecule has 0 amide bonds. The fourth-order valence-electron chi connectivity index (χ4n) is 1.84. The van der Waals surface area contributed by atoms with Crippen molar-refractivity contribution in [2.75, 3.05) is 5.32 Å². The SMILES string of the molecule is Cc1ccc(Sc2nc(Cl)nc(Nc3cccc(Br)c3)n2)cc1. The average Bonchev–Trinajstić information content (AvgIpc) is 2.49. The zero-order chi connectivity index (χ0) is 16.2. The van der Waals surface area contributed by atoms with Gasteiger partial charge in [-0.1, -0.05) is 39.7 Å². The summed E-state index contributed by atoms with van der Waals surface area (Å²) in [6.45, 7) is 2.05. The van der Waals surface area contributed by atoms with Crippen LogP contribution in [0, 0.1) is 6.92 Å². The van der Waals surface area contributed by atoms with Crippen LogP contribution < -0.4 is 5.32 Å². The third kappa shape index (κ3) is 4.67. The van der Waals surface area contributed by atoms with Crippen molar-refractivity contribution in [2.24, 2.45) is 0 Å². The van der Waals surface area contributed by atoms with Crippen LogP contribution in [-0.4, -0.2) is 15.0 Å². The summed E-state index contributed by atoms with van der Waals surface area (Å²) in [4.78, 5) is 13.7. The zero-order valence-electron chi connectivity index (χ0n) is 12.1. The number of nitrogens with one attached hydrogen (secondary N) is 1. The van der Waals surface area contributed by atoms with E-state index in [0.717, 1.165) is 15.1 Å². The molecule has 4 nitrogen and oxygen atoms in total. The highest BCUT2D eigenvalue weighted by molar-refractivity contribution is 9.10. The smallest absolute Gasteiger partial charge is 0.232 e. The van der Waals surface area contributed by atoms with E-state index in [1.54, 1.807) is 0 Å². The maximum absolute atomic E-state index is 6.01. The molecule has 0 radical (unpaired) electrons. The summed E-state index contributed by atoms with van der Waals surface area (Å²) in [5.41, 5.74) is 2.08. The van der Waals surface area contributed by atoms with E-state index in [-0.39, 0.29) is 5.28 Å². The van der Waals surface area contributed by atoms with Gasteiger partial charge in [0.25, 0.3) is 0 Å². The first-order valence-corrected chi connectivity index (χ1v) is 8.76. The third-order valence-corrected chi connectivity index (χ3v) is 4.43. The van der Waals surface area contributed by atoms with E-state index in [1.165, 1.54) is 17.3 Å². The summed E-state index contributed by atoms with van der Waals surface area (Å²) in [5.74, 6) is 0.415. The summed E-state index contributed by atoms with van der Waals surface area (Å²) in [6, 6.07) is 15.9. The molecule has 3 rings (SSSR count). The molecule has 1 N–H and O–H groups in total. The Morgan fingerprint density at radius 3 is 2.57 bits per heavy atom. The predicted molar refractivity (Wildman–Crippen MR) is 97.6 cm³/mol. The van der Waals surface area contributed by atoms with Gasteiger partial charge in [-0.3, -0.25) is 0 Å². The predicted octanol–water partition coefficient (Wildman–Crippen LogP) is 5.49. The molecule has 1 heterocycles. The number of nitrogens with zero attached hydrogens (tertiary/aromatic N) is 3. The van der Waals surface area contributed by atoms with E-state index >= 15 is 0 Å². The number of hydrogen-bond donors (Lipinski definition) is 1. The minimum absolute atomic E-state index is 0.159. The largest absolute Gasteiger partial charge is 0.324 e. The minimum Gasteiger partial charge on any atom is -0.324 e. The second-order valence-corrected chi connectivity index (χ2v) is 7.06. The van der Waals surface area contributed by atoms with Crippen LogP contribution in [-0.2, 0) is 0 Å². The Morgan fingerprint density at radius 2 is 1.83 bits per heavy atom. The van der Waals surface area contributed by atoms with Crippen LogP contribution in [0.2, 0.25) is 5.28 Å². The molecule has 0 fully saturated rings. The van der Waals surface area contributed by atoms with Gasteiger partial charge < -0.3 is 5.32 Å². The van der Waals surface area contributed by atoms with Gasteiger partial charge in [0.1, 0.15) is 0 Å². The molecule has 0 bridgehead atoms. The van der Waals surface area contributed by atoms with Gasteiger partial charge in [0.2, 0.25) is 11.2 Å². The van der Waals surface area contributed by atoms with Crippen molar-refractivity contribution in [1.29, 1.82) is 0 Å². The van der Waals surface area contributed by atoms with Crippen molar-refractivity contribution in [3.63, 3.8) is 0 Å². The van der Waals surface area contributed by atoms with E-state index in [0.29, 0.717) is 11.1 Å². The first-order valence-electron chi connectivity index (χ1n) is 6.77. The van der Waals surface area contributed by atoms with Crippen LogP contribution in [0.3, 0.4) is 0 Å². The lowest BCUT2D eigenvalue weighted by molar-refractivity contribution is 0.912. The Bertz CT molecular complexity index is 827. The molecule has 0 saturated carbocycles. The first kappa shape index (κ1) is 16.2. The number of hydrogen-bond acceptors (Lipinski definition) is 5. The van der Waals surface area contributed by atoms with E-state index in [4.69, 9.17) is 11.6 Å². The molecule has 0 aliphatic rings. The molecule has 1 aromatic heterocycles. The summed E-state index contributed by atoms with van der Waals surface area (Å²) in [6.07, 6.45) is 0. The lowest BCUT2D eigenvalue weighted by Gasteiger charge is -2.07. The van der Waals surface area contributed by atoms with Gasteiger partial charge in [-0.15, -0.1) is 0 Å². The Balaban J connectivity index is 1.82. The van der Waals surface area contributed by atoms with Crippen LogP contribution in [0.5, 0.6) is 0 Å². The molecule has 23 heavy (non-hydrogen) atoms. The number of benzene rings is 2. The number of halogens is 2. The summed E-state index contributed by atoms with van der Waals surface area (Å²) in [7, 11) is 0. The van der Waals surface area contributed by atoms with Crippen molar-refractivity contribution in [3.8, 4) is 0 Å². The average molecular weight is 408 g/mol. The molecule has 7 heteroatoms. The van der Waals surface area contributed by atoms with E-state index in [1.807, 2.05) is 55.5 Å². The van der Waals surface area contributed by atoms with Gasteiger partial charge in [0.15, 0.2) is 5.16 Å². The Labute approximate surface area is 151 Å². The minimum atomic E-state index is 0.159. The molecule has 0 aliphatic heterocycles. The fourth-order valence-corrected chi connectivity index (χ4v) is 3.20. The third-order valence-electron chi connectivity index (χ3n) is 2.90. The van der Waals surface area contributed by atoms with Gasteiger partial charge in [0, 0.05) is 15.1 Å². The Hall–Kier alpha value is -1.63. The summed E-state index contributed by atoms with van der Waals surface area (Å²) in [5, 5.41) is 3.84. The Kier molecular flexibility index (Phi) is 5.15. The van der Waals surface area contributed by atoms with E-state index < -0.39 is 0 Å². The highest BCUT2D eigenvalue weighted by Crippen LogP contribution is 2.27. The normalized spacial score (nSPS) is 10.6. The van der Waals surface area contributed by atoms with E-state index in [9.17, 15) is 0 Å². The molecule has 0 unspecified atom stereocenters. The zero-order valence-corrected chi connectivity index (χ0v) is 15.3. The van der Waals surface area contributed by atoms with Gasteiger partial charge in [-0.05, 0) is 60.6 Å². The van der Waals surface area contributed by atoms with Crippen molar-refractivity contribution in [3.05, 3.63) is 63.9 Å². The van der Waals surface area contributed by atoms with Crippen LogP contribution in [0.15, 0.2) is 63.1 Å². The highest BCUT2D eigenvalue weighted by atomic mass is 79.9. The highest BCUT2D eigenvalue weighted by Gasteiger charge is 2.07. The molecular formula is C16H12BrClN4S. The lowest BCUT2D eigenvalue weighted by atomic mass is 10.2. The van der Waals surface area contributed by atoms with E-state index in [2.05, 4.69) is 36.2 Å². The number of anilines is 2. The standard InChI is InChI=1S/C16H12BrClN4S/c1-10-5-7-13(8-6-10)23-16-21-14(18)20-15(22-16)19-12-4-2-3-11(17)9-12/h2-9H,1H3,(H,19,20,21,22). The molecule has 116 valence electrons. The topological polar surface area (TPSA) is 50.7 Å². The summed E-state index contributed by atoms with van der Waals surface area (Å²) < 4.78 is 0.969. The molecule has 0 spiro atoms. The molecular weight excluding hydrogens is 396 g/mol. The lowest BCUT2D eigenvalue weighted by Crippen LogP contribution is -2.00. The van der Waals surface area contributed by atoms with Gasteiger partial charge >= 0.3 is 0 Å². The first-order chi connectivity index (χ1) is 11.1. The van der Waals surface area contributed by atoms with Crippen molar-refractivity contribution in [2.45, 2.75) is 17.0 Å². The van der Waals surface area contributed by atoms with Crippen LogP contribution in [0.25, 0.3) is 0 Å². The number of aromatic nitrogens is 3.